The van der Waals surface area contributed by atoms with Crippen molar-refractivity contribution >= 4 is 5.78 Å². The van der Waals surface area contributed by atoms with Crippen LogP contribution < -0.4 is 0 Å². The Hall–Kier alpha value is -0.670. The van der Waals surface area contributed by atoms with Gasteiger partial charge in [0, 0.05) is 13.5 Å². The second-order valence-corrected chi connectivity index (χ2v) is 2.48. The lowest BCUT2D eigenvalue weighted by Crippen LogP contribution is -2.17. The molecular formula is C8H12O3. The van der Waals surface area contributed by atoms with Gasteiger partial charge in [-0.25, -0.2) is 0 Å². The van der Waals surface area contributed by atoms with Gasteiger partial charge in [-0.2, -0.15) is 0 Å². The topological polar surface area (TPSA) is 35.5 Å². The highest BCUT2D eigenvalue weighted by Crippen LogP contribution is 2.10. The number of hydrogen-bond donors (Lipinski definition) is 0. The summed E-state index contributed by atoms with van der Waals surface area (Å²) in [5.74, 6) is 0.183. The zero-order valence-corrected chi connectivity index (χ0v) is 6.58. The highest BCUT2D eigenvalue weighted by Gasteiger charge is 2.12. The van der Waals surface area contributed by atoms with Gasteiger partial charge in [-0.05, 0) is 12.5 Å². The van der Waals surface area contributed by atoms with Crippen LogP contribution in [-0.4, -0.2) is 25.8 Å². The van der Waals surface area contributed by atoms with E-state index >= 15 is 0 Å². The summed E-state index contributed by atoms with van der Waals surface area (Å²) >= 11 is 0. The Morgan fingerprint density at radius 2 is 2.55 bits per heavy atom. The zero-order valence-electron chi connectivity index (χ0n) is 6.58. The second kappa shape index (κ2) is 4.26. The molecule has 0 fully saturated rings. The molecular weight excluding hydrogens is 144 g/mol. The van der Waals surface area contributed by atoms with Crippen molar-refractivity contribution in [2.24, 2.45) is 0 Å². The summed E-state index contributed by atoms with van der Waals surface area (Å²) in [6.45, 7) is 0.295. The van der Waals surface area contributed by atoms with E-state index in [0.29, 0.717) is 13.2 Å². The first kappa shape index (κ1) is 8.43. The lowest BCUT2D eigenvalue weighted by Gasteiger charge is -2.15. The van der Waals surface area contributed by atoms with E-state index in [9.17, 15) is 4.79 Å². The molecule has 0 aromatic carbocycles. The minimum Gasteiger partial charge on any atom is -0.359 e. The number of ether oxygens (including phenoxy) is 2. The third-order valence-corrected chi connectivity index (χ3v) is 1.57. The van der Waals surface area contributed by atoms with Crippen LogP contribution in [0.1, 0.15) is 12.8 Å². The van der Waals surface area contributed by atoms with Crippen LogP contribution in [0.25, 0.3) is 0 Å². The van der Waals surface area contributed by atoms with Crippen LogP contribution >= 0.6 is 0 Å². The maximum atomic E-state index is 10.7. The molecule has 0 radical (unpaired) electrons. The third kappa shape index (κ3) is 2.82. The van der Waals surface area contributed by atoms with E-state index in [4.69, 9.17) is 9.47 Å². The largest absolute Gasteiger partial charge is 0.359 e. The maximum absolute atomic E-state index is 10.7. The molecule has 11 heavy (non-hydrogen) atoms. The maximum Gasteiger partial charge on any atom is 0.155 e. The van der Waals surface area contributed by atoms with Crippen molar-refractivity contribution in [3.8, 4) is 0 Å². The van der Waals surface area contributed by atoms with E-state index in [1.54, 1.807) is 19.3 Å². The first-order valence-corrected chi connectivity index (χ1v) is 3.64. The Morgan fingerprint density at radius 1 is 1.73 bits per heavy atom. The van der Waals surface area contributed by atoms with E-state index < -0.39 is 0 Å². The Bertz CT molecular complexity index is 163. The molecule has 0 aliphatic heterocycles. The van der Waals surface area contributed by atoms with E-state index in [1.165, 1.54) is 0 Å². The smallest absolute Gasteiger partial charge is 0.155 e. The molecule has 1 atom stereocenters. The van der Waals surface area contributed by atoms with Gasteiger partial charge in [0.2, 0.25) is 0 Å². The summed E-state index contributed by atoms with van der Waals surface area (Å²) in [5, 5.41) is 0. The molecule has 1 unspecified atom stereocenters. The van der Waals surface area contributed by atoms with Gasteiger partial charge >= 0.3 is 0 Å². The molecule has 3 nitrogen and oxygen atoms in total. The number of hydrogen-bond acceptors (Lipinski definition) is 3. The van der Waals surface area contributed by atoms with Crippen molar-refractivity contribution < 1.29 is 14.3 Å². The fourth-order valence-electron chi connectivity index (χ4n) is 0.973. The number of rotatable bonds is 3. The molecule has 0 N–H and O–H groups in total. The molecule has 1 aliphatic carbocycles. The van der Waals surface area contributed by atoms with E-state index in [0.717, 1.165) is 6.42 Å². The summed E-state index contributed by atoms with van der Waals surface area (Å²) in [4.78, 5) is 10.7. The van der Waals surface area contributed by atoms with Gasteiger partial charge in [0.15, 0.2) is 5.78 Å². The van der Waals surface area contributed by atoms with Crippen molar-refractivity contribution in [3.63, 3.8) is 0 Å². The first-order valence-electron chi connectivity index (χ1n) is 3.64. The van der Waals surface area contributed by atoms with Gasteiger partial charge in [-0.1, -0.05) is 6.08 Å². The summed E-state index contributed by atoms with van der Waals surface area (Å²) in [5.41, 5.74) is 0. The van der Waals surface area contributed by atoms with Gasteiger partial charge in [-0.15, -0.1) is 0 Å². The lowest BCUT2D eigenvalue weighted by molar-refractivity contribution is -0.117. The predicted molar refractivity (Wildman–Crippen MR) is 40.1 cm³/mol. The molecule has 0 amide bonds. The van der Waals surface area contributed by atoms with Crippen molar-refractivity contribution in [1.29, 1.82) is 0 Å². The molecule has 0 saturated carbocycles. The summed E-state index contributed by atoms with van der Waals surface area (Å²) < 4.78 is 9.95. The first-order chi connectivity index (χ1) is 5.33. The van der Waals surface area contributed by atoms with Gasteiger partial charge in [0.05, 0.1) is 6.10 Å². The average Bonchev–Trinajstić information content (AvgIpc) is 2.04. The minimum absolute atomic E-state index is 0.0626. The van der Waals surface area contributed by atoms with Crippen molar-refractivity contribution in [1.82, 2.24) is 0 Å². The average molecular weight is 156 g/mol. The Morgan fingerprint density at radius 3 is 3.09 bits per heavy atom. The fraction of sp³-hybridized carbons (Fsp3) is 0.625. The van der Waals surface area contributed by atoms with Crippen LogP contribution in [0.5, 0.6) is 0 Å². The van der Waals surface area contributed by atoms with E-state index in [-0.39, 0.29) is 11.9 Å². The van der Waals surface area contributed by atoms with Gasteiger partial charge < -0.3 is 9.47 Å². The summed E-state index contributed by atoms with van der Waals surface area (Å²) in [7, 11) is 1.58. The van der Waals surface area contributed by atoms with Crippen molar-refractivity contribution in [2.75, 3.05) is 13.9 Å². The zero-order chi connectivity index (χ0) is 8.10. The fourth-order valence-corrected chi connectivity index (χ4v) is 0.973. The Kier molecular flexibility index (Phi) is 3.26. The van der Waals surface area contributed by atoms with Crippen LogP contribution in [0.2, 0.25) is 0 Å². The van der Waals surface area contributed by atoms with E-state index in [2.05, 4.69) is 0 Å². The van der Waals surface area contributed by atoms with Gasteiger partial charge in [-0.3, -0.25) is 4.79 Å². The number of carbonyl (C=O) groups is 1. The van der Waals surface area contributed by atoms with Gasteiger partial charge in [0.1, 0.15) is 6.79 Å². The molecule has 0 aromatic rings. The minimum atomic E-state index is 0.0626. The van der Waals surface area contributed by atoms with E-state index in [1.807, 2.05) is 0 Å². The quantitative estimate of drug-likeness (QED) is 0.569. The summed E-state index contributed by atoms with van der Waals surface area (Å²) in [6, 6.07) is 0. The van der Waals surface area contributed by atoms with Crippen LogP contribution in [0.3, 0.4) is 0 Å². The normalized spacial score (nSPS) is 24.1. The standard InChI is InChI=1S/C8H12O3/c1-10-6-11-8-4-2-7(9)3-5-8/h2,4,8H,3,5-6H2,1H3. The van der Waals surface area contributed by atoms with Crippen LogP contribution in [-0.2, 0) is 14.3 Å². The Balaban J connectivity index is 2.26. The molecule has 0 aromatic heterocycles. The lowest BCUT2D eigenvalue weighted by atomic mass is 10.0. The van der Waals surface area contributed by atoms with Gasteiger partial charge in [0.25, 0.3) is 0 Å². The SMILES string of the molecule is COCOC1C=CC(=O)CC1. The number of carbonyl (C=O) groups excluding carboxylic acids is 1. The molecule has 0 spiro atoms. The van der Waals surface area contributed by atoms with Crippen LogP contribution in [0.4, 0.5) is 0 Å². The predicted octanol–water partition coefficient (Wildman–Crippen LogP) is 0.895. The van der Waals surface area contributed by atoms with Crippen molar-refractivity contribution in [2.45, 2.75) is 18.9 Å². The summed E-state index contributed by atoms with van der Waals surface area (Å²) in [6.07, 6.45) is 4.78. The molecule has 1 rings (SSSR count). The third-order valence-electron chi connectivity index (χ3n) is 1.57. The van der Waals surface area contributed by atoms with Crippen LogP contribution in [0.15, 0.2) is 12.2 Å². The number of methoxy groups -OCH3 is 1. The molecule has 1 aliphatic rings. The highest BCUT2D eigenvalue weighted by atomic mass is 16.7. The van der Waals surface area contributed by atoms with Crippen LogP contribution in [0, 0.1) is 0 Å². The second-order valence-electron chi connectivity index (χ2n) is 2.48. The molecule has 0 heterocycles. The monoisotopic (exact) mass is 156 g/mol. The molecule has 0 saturated heterocycles. The number of allylic oxidation sites excluding steroid dienone is 1. The molecule has 0 bridgehead atoms. The molecule has 62 valence electrons. The highest BCUT2D eigenvalue weighted by molar-refractivity contribution is 5.90. The molecule has 3 heteroatoms. The number of ketones is 1. The Labute approximate surface area is 66.0 Å². The van der Waals surface area contributed by atoms with Crippen molar-refractivity contribution in [3.05, 3.63) is 12.2 Å².